The lowest BCUT2D eigenvalue weighted by Gasteiger charge is -2.14. The van der Waals surface area contributed by atoms with Crippen LogP contribution < -0.4 is 0 Å². The molecule has 0 atom stereocenters. The zero-order valence-electron chi connectivity index (χ0n) is 11.0. The van der Waals surface area contributed by atoms with Crippen molar-refractivity contribution in [2.75, 3.05) is 13.6 Å². The number of nitrogens with zero attached hydrogens (tertiary/aromatic N) is 3. The largest absolute Gasteiger partial charge is 0.480 e. The van der Waals surface area contributed by atoms with Crippen LogP contribution in [0.3, 0.4) is 0 Å². The third-order valence-electron chi connectivity index (χ3n) is 2.94. The van der Waals surface area contributed by atoms with Gasteiger partial charge in [-0.15, -0.1) is 0 Å². The molecule has 0 saturated carbocycles. The van der Waals surface area contributed by atoms with E-state index < -0.39 is 5.97 Å². The van der Waals surface area contributed by atoms with Crippen LogP contribution in [0.4, 0.5) is 0 Å². The number of carboxylic acid groups (broad SMARTS) is 1. The van der Waals surface area contributed by atoms with Gasteiger partial charge < -0.3 is 10.0 Å². The quantitative estimate of drug-likeness (QED) is 0.898. The van der Waals surface area contributed by atoms with E-state index in [1.807, 2.05) is 19.1 Å². The van der Waals surface area contributed by atoms with Crippen LogP contribution in [0.15, 0.2) is 18.3 Å². The van der Waals surface area contributed by atoms with E-state index in [0.717, 1.165) is 5.56 Å². The molecule has 6 heteroatoms. The Morgan fingerprint density at radius 1 is 1.42 bits per heavy atom. The Hall–Kier alpha value is -2.37. The molecule has 0 bridgehead atoms. The Morgan fingerprint density at radius 3 is 2.74 bits per heavy atom. The van der Waals surface area contributed by atoms with Gasteiger partial charge in [-0.05, 0) is 25.5 Å². The number of hydrogen-bond donors (Lipinski definition) is 1. The number of imidazole rings is 1. The first-order valence-corrected chi connectivity index (χ1v) is 5.83. The van der Waals surface area contributed by atoms with Gasteiger partial charge in [-0.2, -0.15) is 0 Å². The van der Waals surface area contributed by atoms with E-state index in [2.05, 4.69) is 4.98 Å². The van der Waals surface area contributed by atoms with E-state index >= 15 is 0 Å². The van der Waals surface area contributed by atoms with Crippen LogP contribution >= 0.6 is 0 Å². The van der Waals surface area contributed by atoms with Gasteiger partial charge >= 0.3 is 5.97 Å². The molecule has 0 unspecified atom stereocenters. The number of amides is 1. The lowest BCUT2D eigenvalue weighted by Crippen LogP contribution is -2.33. The molecule has 2 rings (SSSR count). The highest BCUT2D eigenvalue weighted by atomic mass is 16.4. The second-order valence-electron chi connectivity index (χ2n) is 4.49. The van der Waals surface area contributed by atoms with Crippen LogP contribution in [0.2, 0.25) is 0 Å². The van der Waals surface area contributed by atoms with Crippen LogP contribution in [0.5, 0.6) is 0 Å². The van der Waals surface area contributed by atoms with Crippen molar-refractivity contribution in [1.82, 2.24) is 14.3 Å². The summed E-state index contributed by atoms with van der Waals surface area (Å²) < 4.78 is 1.70. The highest BCUT2D eigenvalue weighted by Gasteiger charge is 2.21. The van der Waals surface area contributed by atoms with E-state index in [9.17, 15) is 9.59 Å². The Labute approximate surface area is 110 Å². The fraction of sp³-hybridized carbons (Fsp3) is 0.308. The fourth-order valence-corrected chi connectivity index (χ4v) is 2.03. The van der Waals surface area contributed by atoms with Crippen molar-refractivity contribution in [3.63, 3.8) is 0 Å². The normalized spacial score (nSPS) is 10.7. The summed E-state index contributed by atoms with van der Waals surface area (Å²) in [6, 6.07) is 3.74. The summed E-state index contributed by atoms with van der Waals surface area (Å²) in [5.74, 6) is -1.39. The highest BCUT2D eigenvalue weighted by Crippen LogP contribution is 2.16. The summed E-state index contributed by atoms with van der Waals surface area (Å²) >= 11 is 0. The molecule has 0 radical (unpaired) electrons. The summed E-state index contributed by atoms with van der Waals surface area (Å²) in [4.78, 5) is 28.5. The van der Waals surface area contributed by atoms with E-state index in [-0.39, 0.29) is 12.5 Å². The first-order valence-electron chi connectivity index (χ1n) is 5.83. The summed E-state index contributed by atoms with van der Waals surface area (Å²) in [5, 5.41) is 8.74. The SMILES string of the molecule is Cc1nc2c(C)cccn2c1C(=O)N(C)CC(=O)O. The van der Waals surface area contributed by atoms with Gasteiger partial charge in [0, 0.05) is 13.2 Å². The molecule has 2 heterocycles. The lowest BCUT2D eigenvalue weighted by molar-refractivity contribution is -0.137. The van der Waals surface area contributed by atoms with Crippen molar-refractivity contribution in [2.45, 2.75) is 13.8 Å². The average molecular weight is 261 g/mol. The van der Waals surface area contributed by atoms with Crippen molar-refractivity contribution < 1.29 is 14.7 Å². The first kappa shape index (κ1) is 13.1. The minimum absolute atomic E-state index is 0.336. The first-order chi connectivity index (χ1) is 8.91. The predicted octanol–water partition coefficient (Wildman–Crippen LogP) is 1.11. The van der Waals surface area contributed by atoms with Crippen molar-refractivity contribution in [3.05, 3.63) is 35.3 Å². The minimum Gasteiger partial charge on any atom is -0.480 e. The van der Waals surface area contributed by atoms with Gasteiger partial charge in [0.2, 0.25) is 0 Å². The summed E-state index contributed by atoms with van der Waals surface area (Å²) in [6.07, 6.45) is 1.75. The third kappa shape index (κ3) is 2.29. The standard InChI is InChI=1S/C13H15N3O3/c1-8-5-4-6-16-11(9(2)14-12(8)16)13(19)15(3)7-10(17)18/h4-6H,7H2,1-3H3,(H,17,18). The molecule has 0 aliphatic carbocycles. The molecule has 100 valence electrons. The molecule has 0 aliphatic rings. The van der Waals surface area contributed by atoms with Gasteiger partial charge in [-0.1, -0.05) is 6.07 Å². The topological polar surface area (TPSA) is 74.9 Å². The number of aliphatic carboxylic acids is 1. The molecule has 1 N–H and O–H groups in total. The van der Waals surface area contributed by atoms with Crippen molar-refractivity contribution in [2.24, 2.45) is 0 Å². The molecule has 19 heavy (non-hydrogen) atoms. The highest BCUT2D eigenvalue weighted by molar-refractivity contribution is 5.96. The van der Waals surface area contributed by atoms with Crippen molar-refractivity contribution >= 4 is 17.5 Å². The number of carboxylic acids is 1. The second-order valence-corrected chi connectivity index (χ2v) is 4.49. The Balaban J connectivity index is 2.50. The molecule has 0 saturated heterocycles. The van der Waals surface area contributed by atoms with Gasteiger partial charge in [0.15, 0.2) is 0 Å². The van der Waals surface area contributed by atoms with Gasteiger partial charge in [-0.3, -0.25) is 14.0 Å². The number of carbonyl (C=O) groups is 2. The minimum atomic E-state index is -1.04. The number of likely N-dealkylation sites (N-methyl/N-ethyl adjacent to an activating group) is 1. The summed E-state index contributed by atoms with van der Waals surface area (Å²) in [6.45, 7) is 3.32. The molecule has 6 nitrogen and oxygen atoms in total. The smallest absolute Gasteiger partial charge is 0.323 e. The fourth-order valence-electron chi connectivity index (χ4n) is 2.03. The van der Waals surface area contributed by atoms with Crippen LogP contribution in [-0.4, -0.2) is 44.9 Å². The summed E-state index contributed by atoms with van der Waals surface area (Å²) in [5.41, 5.74) is 2.68. The maximum atomic E-state index is 12.3. The van der Waals surface area contributed by atoms with E-state index in [4.69, 9.17) is 5.11 Å². The Bertz CT molecular complexity index is 660. The lowest BCUT2D eigenvalue weighted by atomic mass is 10.3. The number of hydrogen-bond acceptors (Lipinski definition) is 3. The maximum Gasteiger partial charge on any atom is 0.323 e. The average Bonchev–Trinajstić information content (AvgIpc) is 2.65. The zero-order chi connectivity index (χ0) is 14.2. The molecule has 2 aromatic rings. The Morgan fingerprint density at radius 2 is 2.11 bits per heavy atom. The molecule has 0 spiro atoms. The molecular weight excluding hydrogens is 246 g/mol. The van der Waals surface area contributed by atoms with Crippen LogP contribution in [0, 0.1) is 13.8 Å². The molecule has 0 fully saturated rings. The molecule has 1 amide bonds. The molecule has 0 aliphatic heterocycles. The van der Waals surface area contributed by atoms with Gasteiger partial charge in [0.05, 0.1) is 5.69 Å². The number of rotatable bonds is 3. The summed E-state index contributed by atoms with van der Waals surface area (Å²) in [7, 11) is 1.46. The van der Waals surface area contributed by atoms with Gasteiger partial charge in [-0.25, -0.2) is 4.98 Å². The van der Waals surface area contributed by atoms with Crippen molar-refractivity contribution in [1.29, 1.82) is 0 Å². The molecule has 2 aromatic heterocycles. The number of pyridine rings is 1. The number of fused-ring (bicyclic) bond motifs is 1. The number of aryl methyl sites for hydroxylation is 2. The molecular formula is C13H15N3O3. The zero-order valence-corrected chi connectivity index (χ0v) is 11.0. The maximum absolute atomic E-state index is 12.3. The van der Waals surface area contributed by atoms with E-state index in [1.54, 1.807) is 17.5 Å². The predicted molar refractivity (Wildman–Crippen MR) is 69.3 cm³/mol. The Kier molecular flexibility index (Phi) is 3.25. The van der Waals surface area contributed by atoms with Gasteiger partial charge in [0.25, 0.3) is 5.91 Å². The monoisotopic (exact) mass is 261 g/mol. The van der Waals surface area contributed by atoms with Crippen LogP contribution in [0.1, 0.15) is 21.7 Å². The second kappa shape index (κ2) is 4.72. The number of carbonyl (C=O) groups excluding carboxylic acids is 1. The van der Waals surface area contributed by atoms with E-state index in [1.165, 1.54) is 11.9 Å². The third-order valence-corrected chi connectivity index (χ3v) is 2.94. The van der Waals surface area contributed by atoms with Crippen LogP contribution in [0.25, 0.3) is 5.65 Å². The van der Waals surface area contributed by atoms with Gasteiger partial charge in [0.1, 0.15) is 17.9 Å². The number of aromatic nitrogens is 2. The van der Waals surface area contributed by atoms with Crippen LogP contribution in [-0.2, 0) is 4.79 Å². The van der Waals surface area contributed by atoms with Crippen molar-refractivity contribution in [3.8, 4) is 0 Å². The van der Waals surface area contributed by atoms with E-state index in [0.29, 0.717) is 17.0 Å². The molecule has 0 aromatic carbocycles.